The summed E-state index contributed by atoms with van der Waals surface area (Å²) in [6.07, 6.45) is 2.72. The first-order valence-electron chi connectivity index (χ1n) is 6.34. The van der Waals surface area contributed by atoms with E-state index in [9.17, 15) is 0 Å². The summed E-state index contributed by atoms with van der Waals surface area (Å²) in [4.78, 5) is 0. The highest BCUT2D eigenvalue weighted by Crippen LogP contribution is 2.16. The van der Waals surface area contributed by atoms with Gasteiger partial charge < -0.3 is 15.2 Å². The molecule has 0 amide bonds. The lowest BCUT2D eigenvalue weighted by Crippen LogP contribution is -2.28. The molecule has 2 N–H and O–H groups in total. The van der Waals surface area contributed by atoms with Crippen molar-refractivity contribution < 1.29 is 9.84 Å². The van der Waals surface area contributed by atoms with Crippen molar-refractivity contribution in [3.8, 4) is 0 Å². The van der Waals surface area contributed by atoms with Crippen molar-refractivity contribution in [1.82, 2.24) is 5.32 Å². The summed E-state index contributed by atoms with van der Waals surface area (Å²) in [5.41, 5.74) is 2.18. The van der Waals surface area contributed by atoms with Gasteiger partial charge in [-0.25, -0.2) is 0 Å². The topological polar surface area (TPSA) is 41.5 Å². The Bertz CT molecular complexity index is 348. The first-order valence-corrected chi connectivity index (χ1v) is 6.34. The van der Waals surface area contributed by atoms with E-state index in [0.717, 1.165) is 25.1 Å². The van der Waals surface area contributed by atoms with Gasteiger partial charge in [-0.2, -0.15) is 0 Å². The summed E-state index contributed by atoms with van der Waals surface area (Å²) in [6, 6.07) is 8.37. The van der Waals surface area contributed by atoms with Crippen LogP contribution in [-0.2, 0) is 11.3 Å². The third kappa shape index (κ3) is 3.53. The average molecular weight is 235 g/mol. The number of rotatable bonds is 5. The van der Waals surface area contributed by atoms with E-state index in [-0.39, 0.29) is 6.61 Å². The quantitative estimate of drug-likeness (QED) is 0.820. The maximum atomic E-state index is 9.11. The Morgan fingerprint density at radius 2 is 2.41 bits per heavy atom. The van der Waals surface area contributed by atoms with Crippen molar-refractivity contribution in [3.05, 3.63) is 35.4 Å². The number of aliphatic hydroxyl groups is 1. The van der Waals surface area contributed by atoms with E-state index < -0.39 is 0 Å². The lowest BCUT2D eigenvalue weighted by molar-refractivity contribution is 0.108. The SMILES string of the molecule is CC(NCC1CCCO1)c1cccc(CO)c1. The molecule has 1 aromatic carbocycles. The van der Waals surface area contributed by atoms with Gasteiger partial charge in [0.2, 0.25) is 0 Å². The molecule has 1 saturated heterocycles. The number of hydrogen-bond donors (Lipinski definition) is 2. The van der Waals surface area contributed by atoms with Crippen molar-refractivity contribution in [3.63, 3.8) is 0 Å². The number of ether oxygens (including phenoxy) is 1. The predicted molar refractivity (Wildman–Crippen MR) is 67.8 cm³/mol. The number of hydrogen-bond acceptors (Lipinski definition) is 3. The van der Waals surface area contributed by atoms with Gasteiger partial charge >= 0.3 is 0 Å². The monoisotopic (exact) mass is 235 g/mol. The Morgan fingerprint density at radius 1 is 1.53 bits per heavy atom. The molecule has 2 unspecified atom stereocenters. The molecule has 1 aliphatic heterocycles. The Balaban J connectivity index is 1.87. The smallest absolute Gasteiger partial charge is 0.0700 e. The van der Waals surface area contributed by atoms with E-state index in [4.69, 9.17) is 9.84 Å². The van der Waals surface area contributed by atoms with Gasteiger partial charge in [-0.3, -0.25) is 0 Å². The van der Waals surface area contributed by atoms with E-state index in [1.165, 1.54) is 12.0 Å². The van der Waals surface area contributed by atoms with E-state index in [2.05, 4.69) is 18.3 Å². The van der Waals surface area contributed by atoms with Crippen molar-refractivity contribution in [2.45, 2.75) is 38.5 Å². The summed E-state index contributed by atoms with van der Waals surface area (Å²) >= 11 is 0. The van der Waals surface area contributed by atoms with Crippen LogP contribution in [-0.4, -0.2) is 24.4 Å². The van der Waals surface area contributed by atoms with Crippen LogP contribution in [0, 0.1) is 0 Å². The lowest BCUT2D eigenvalue weighted by atomic mass is 10.1. The minimum atomic E-state index is 0.103. The third-order valence-electron chi connectivity index (χ3n) is 3.31. The number of benzene rings is 1. The van der Waals surface area contributed by atoms with Crippen LogP contribution >= 0.6 is 0 Å². The second kappa shape index (κ2) is 6.15. The molecule has 94 valence electrons. The highest BCUT2D eigenvalue weighted by Gasteiger charge is 2.16. The number of aliphatic hydroxyl groups excluding tert-OH is 1. The van der Waals surface area contributed by atoms with E-state index in [1.807, 2.05) is 18.2 Å². The first kappa shape index (κ1) is 12.6. The highest BCUT2D eigenvalue weighted by atomic mass is 16.5. The average Bonchev–Trinajstić information content (AvgIpc) is 2.89. The molecule has 1 fully saturated rings. The fraction of sp³-hybridized carbons (Fsp3) is 0.571. The molecular weight excluding hydrogens is 214 g/mol. The zero-order valence-corrected chi connectivity index (χ0v) is 10.4. The molecule has 0 bridgehead atoms. The normalized spacial score (nSPS) is 21.6. The van der Waals surface area contributed by atoms with Gasteiger partial charge in [0.05, 0.1) is 12.7 Å². The number of nitrogens with one attached hydrogen (secondary N) is 1. The van der Waals surface area contributed by atoms with Crippen LogP contribution in [0.2, 0.25) is 0 Å². The third-order valence-corrected chi connectivity index (χ3v) is 3.31. The van der Waals surface area contributed by atoms with Crippen LogP contribution in [0.25, 0.3) is 0 Å². The minimum absolute atomic E-state index is 0.103. The summed E-state index contributed by atoms with van der Waals surface area (Å²) in [5, 5.41) is 12.6. The summed E-state index contributed by atoms with van der Waals surface area (Å²) < 4.78 is 5.58. The van der Waals surface area contributed by atoms with Gasteiger partial charge in [0.15, 0.2) is 0 Å². The molecule has 1 aromatic rings. The highest BCUT2D eigenvalue weighted by molar-refractivity contribution is 5.25. The fourth-order valence-electron chi connectivity index (χ4n) is 2.19. The lowest BCUT2D eigenvalue weighted by Gasteiger charge is -2.17. The van der Waals surface area contributed by atoms with E-state index in [0.29, 0.717) is 12.1 Å². The van der Waals surface area contributed by atoms with Gasteiger partial charge in [-0.05, 0) is 30.9 Å². The Labute approximate surface area is 103 Å². The molecule has 1 heterocycles. The molecule has 0 spiro atoms. The summed E-state index contributed by atoms with van der Waals surface area (Å²) in [5.74, 6) is 0. The van der Waals surface area contributed by atoms with Gasteiger partial charge in [-0.15, -0.1) is 0 Å². The Morgan fingerprint density at radius 3 is 3.12 bits per heavy atom. The standard InChI is InChI=1S/C14H21NO2/c1-11(15-9-14-6-3-7-17-14)13-5-2-4-12(8-13)10-16/h2,4-5,8,11,14-16H,3,6-7,9-10H2,1H3. The second-order valence-electron chi connectivity index (χ2n) is 4.67. The van der Waals surface area contributed by atoms with Gasteiger partial charge in [0.1, 0.15) is 0 Å². The van der Waals surface area contributed by atoms with Crippen LogP contribution in [0.5, 0.6) is 0 Å². The zero-order chi connectivity index (χ0) is 12.1. The molecular formula is C14H21NO2. The zero-order valence-electron chi connectivity index (χ0n) is 10.4. The maximum absolute atomic E-state index is 9.11. The van der Waals surface area contributed by atoms with Crippen LogP contribution in [0.15, 0.2) is 24.3 Å². The molecule has 2 atom stereocenters. The van der Waals surface area contributed by atoms with Crippen molar-refractivity contribution in [2.75, 3.05) is 13.2 Å². The Hall–Kier alpha value is -0.900. The molecule has 0 saturated carbocycles. The molecule has 2 rings (SSSR count). The van der Waals surface area contributed by atoms with Gasteiger partial charge in [0.25, 0.3) is 0 Å². The largest absolute Gasteiger partial charge is 0.392 e. The minimum Gasteiger partial charge on any atom is -0.392 e. The van der Waals surface area contributed by atoms with Crippen LogP contribution in [0.3, 0.4) is 0 Å². The van der Waals surface area contributed by atoms with Gasteiger partial charge in [-0.1, -0.05) is 24.3 Å². The van der Waals surface area contributed by atoms with Crippen molar-refractivity contribution in [2.24, 2.45) is 0 Å². The molecule has 0 aromatic heterocycles. The molecule has 1 aliphatic rings. The molecule has 3 nitrogen and oxygen atoms in total. The maximum Gasteiger partial charge on any atom is 0.0700 e. The first-order chi connectivity index (χ1) is 8.29. The van der Waals surface area contributed by atoms with Crippen LogP contribution < -0.4 is 5.32 Å². The summed E-state index contributed by atoms with van der Waals surface area (Å²) in [7, 11) is 0. The van der Waals surface area contributed by atoms with E-state index >= 15 is 0 Å². The molecule has 0 radical (unpaired) electrons. The Kier molecular flexibility index (Phi) is 4.54. The van der Waals surface area contributed by atoms with Crippen LogP contribution in [0.1, 0.15) is 36.9 Å². The van der Waals surface area contributed by atoms with E-state index in [1.54, 1.807) is 0 Å². The predicted octanol–water partition coefficient (Wildman–Crippen LogP) is 2.01. The molecule has 17 heavy (non-hydrogen) atoms. The van der Waals surface area contributed by atoms with Crippen LogP contribution in [0.4, 0.5) is 0 Å². The molecule has 3 heteroatoms. The van der Waals surface area contributed by atoms with Gasteiger partial charge in [0, 0.05) is 19.2 Å². The second-order valence-corrected chi connectivity index (χ2v) is 4.67. The van der Waals surface area contributed by atoms with Crippen molar-refractivity contribution in [1.29, 1.82) is 0 Å². The summed E-state index contributed by atoms with van der Waals surface area (Å²) in [6.45, 7) is 4.06. The fourth-order valence-corrected chi connectivity index (χ4v) is 2.19. The van der Waals surface area contributed by atoms with Crippen molar-refractivity contribution >= 4 is 0 Å². The molecule has 0 aliphatic carbocycles.